The summed E-state index contributed by atoms with van der Waals surface area (Å²) in [7, 11) is 2.03. The molecule has 0 atom stereocenters. The van der Waals surface area contributed by atoms with Crippen LogP contribution in [0.5, 0.6) is 5.75 Å². The summed E-state index contributed by atoms with van der Waals surface area (Å²) >= 11 is 5.98. The number of halogens is 1. The number of aryl methyl sites for hydroxylation is 1. The van der Waals surface area contributed by atoms with E-state index in [1.807, 2.05) is 43.4 Å². The Morgan fingerprint density at radius 1 is 1.08 bits per heavy atom. The van der Waals surface area contributed by atoms with Crippen molar-refractivity contribution >= 4 is 22.6 Å². The van der Waals surface area contributed by atoms with Crippen LogP contribution in [0, 0.1) is 0 Å². The minimum absolute atomic E-state index is 0.685. The van der Waals surface area contributed by atoms with Crippen LogP contribution in [0.15, 0.2) is 42.5 Å². The van der Waals surface area contributed by atoms with Gasteiger partial charge in [-0.2, -0.15) is 0 Å². The van der Waals surface area contributed by atoms with Gasteiger partial charge in [0.15, 0.2) is 0 Å². The Morgan fingerprint density at radius 2 is 1.80 bits per heavy atom. The average molecular weight is 358 g/mol. The fraction of sp³-hybridized carbons (Fsp3) is 0.350. The summed E-state index contributed by atoms with van der Waals surface area (Å²) in [5.74, 6) is 1.78. The highest BCUT2D eigenvalue weighted by Gasteiger charge is 2.11. The molecule has 5 heteroatoms. The smallest absolute Gasteiger partial charge is 0.140 e. The number of imidazole rings is 1. The Morgan fingerprint density at radius 3 is 2.48 bits per heavy atom. The van der Waals surface area contributed by atoms with E-state index in [9.17, 15) is 0 Å². The van der Waals surface area contributed by atoms with E-state index in [1.54, 1.807) is 0 Å². The Bertz CT molecular complexity index is 838. The number of nitrogens with zero attached hydrogens (tertiary/aromatic N) is 3. The highest BCUT2D eigenvalue weighted by molar-refractivity contribution is 6.30. The maximum absolute atomic E-state index is 5.98. The van der Waals surface area contributed by atoms with Crippen molar-refractivity contribution in [3.05, 3.63) is 47.5 Å². The van der Waals surface area contributed by atoms with E-state index < -0.39 is 0 Å². The first kappa shape index (κ1) is 17.8. The third-order valence-electron chi connectivity index (χ3n) is 4.53. The molecule has 0 aliphatic rings. The zero-order valence-electron chi connectivity index (χ0n) is 15.0. The molecular formula is C20H24ClN3O. The molecule has 0 radical (unpaired) electrons. The Hall–Kier alpha value is -2.04. The first-order valence-corrected chi connectivity index (χ1v) is 9.07. The highest BCUT2D eigenvalue weighted by Crippen LogP contribution is 2.27. The van der Waals surface area contributed by atoms with Crippen molar-refractivity contribution in [1.82, 2.24) is 14.5 Å². The maximum atomic E-state index is 5.98. The van der Waals surface area contributed by atoms with Crippen molar-refractivity contribution in [3.63, 3.8) is 0 Å². The SMILES string of the molecule is CCN(CC)CCOc1ccc2c(c1)nc(-c1ccc(Cl)cc1)n2C. The second kappa shape index (κ2) is 7.89. The lowest BCUT2D eigenvalue weighted by Gasteiger charge is -2.17. The third-order valence-corrected chi connectivity index (χ3v) is 4.78. The lowest BCUT2D eigenvalue weighted by atomic mass is 10.2. The maximum Gasteiger partial charge on any atom is 0.140 e. The number of ether oxygens (including phenoxy) is 1. The predicted octanol–water partition coefficient (Wildman–Crippen LogP) is 4.61. The highest BCUT2D eigenvalue weighted by atomic mass is 35.5. The second-order valence-corrected chi connectivity index (χ2v) is 6.46. The standard InChI is InChI=1S/C20H24ClN3O/c1-4-24(5-2)12-13-25-17-10-11-19-18(14-17)22-20(23(19)3)15-6-8-16(21)9-7-15/h6-11,14H,4-5,12-13H2,1-3H3. The number of aromatic nitrogens is 2. The van der Waals surface area contributed by atoms with E-state index in [-0.39, 0.29) is 0 Å². The van der Waals surface area contributed by atoms with Gasteiger partial charge in [0.05, 0.1) is 11.0 Å². The van der Waals surface area contributed by atoms with Crippen molar-refractivity contribution in [2.75, 3.05) is 26.2 Å². The summed E-state index contributed by atoms with van der Waals surface area (Å²) in [4.78, 5) is 7.12. The van der Waals surface area contributed by atoms with Crippen molar-refractivity contribution in [2.24, 2.45) is 7.05 Å². The molecule has 25 heavy (non-hydrogen) atoms. The van der Waals surface area contributed by atoms with Gasteiger partial charge < -0.3 is 14.2 Å². The number of rotatable bonds is 7. The fourth-order valence-electron chi connectivity index (χ4n) is 2.96. The zero-order chi connectivity index (χ0) is 17.8. The van der Waals surface area contributed by atoms with Gasteiger partial charge in [-0.05, 0) is 49.5 Å². The summed E-state index contributed by atoms with van der Waals surface area (Å²) in [6.45, 7) is 8.05. The van der Waals surface area contributed by atoms with Crippen LogP contribution in [0.2, 0.25) is 5.02 Å². The van der Waals surface area contributed by atoms with Crippen LogP contribution in [0.3, 0.4) is 0 Å². The normalized spacial score (nSPS) is 11.4. The Balaban J connectivity index is 1.80. The number of fused-ring (bicyclic) bond motifs is 1. The van der Waals surface area contributed by atoms with E-state index >= 15 is 0 Å². The molecule has 0 bridgehead atoms. The van der Waals surface area contributed by atoms with Crippen LogP contribution in [0.4, 0.5) is 0 Å². The first-order valence-electron chi connectivity index (χ1n) is 8.70. The van der Waals surface area contributed by atoms with Crippen molar-refractivity contribution in [2.45, 2.75) is 13.8 Å². The molecule has 0 aliphatic carbocycles. The van der Waals surface area contributed by atoms with Gasteiger partial charge in [0.1, 0.15) is 18.2 Å². The molecule has 3 rings (SSSR count). The van der Waals surface area contributed by atoms with Crippen LogP contribution >= 0.6 is 11.6 Å². The van der Waals surface area contributed by atoms with E-state index in [1.165, 1.54) is 0 Å². The Kier molecular flexibility index (Phi) is 5.61. The number of hydrogen-bond acceptors (Lipinski definition) is 3. The molecule has 0 fully saturated rings. The van der Waals surface area contributed by atoms with Crippen LogP contribution in [0.1, 0.15) is 13.8 Å². The van der Waals surface area contributed by atoms with Crippen LogP contribution < -0.4 is 4.74 Å². The molecule has 0 saturated carbocycles. The monoisotopic (exact) mass is 357 g/mol. The summed E-state index contributed by atoms with van der Waals surface area (Å²) in [6.07, 6.45) is 0. The van der Waals surface area contributed by atoms with Gasteiger partial charge in [-0.15, -0.1) is 0 Å². The van der Waals surface area contributed by atoms with Gasteiger partial charge in [-0.3, -0.25) is 0 Å². The van der Waals surface area contributed by atoms with Crippen molar-refractivity contribution < 1.29 is 4.74 Å². The van der Waals surface area contributed by atoms with Gasteiger partial charge in [0, 0.05) is 30.2 Å². The predicted molar refractivity (Wildman–Crippen MR) is 104 cm³/mol. The molecule has 0 spiro atoms. The molecule has 0 saturated heterocycles. The summed E-state index contributed by atoms with van der Waals surface area (Å²) in [5, 5.41) is 0.728. The van der Waals surface area contributed by atoms with E-state index in [2.05, 4.69) is 29.4 Å². The zero-order valence-corrected chi connectivity index (χ0v) is 15.8. The van der Waals surface area contributed by atoms with Crippen LogP contribution in [-0.4, -0.2) is 40.7 Å². The Labute approximate surface area is 154 Å². The molecule has 1 heterocycles. The molecule has 132 valence electrons. The molecule has 4 nitrogen and oxygen atoms in total. The topological polar surface area (TPSA) is 30.3 Å². The van der Waals surface area contributed by atoms with Crippen molar-refractivity contribution in [3.8, 4) is 17.1 Å². The first-order chi connectivity index (χ1) is 12.1. The molecule has 0 amide bonds. The van der Waals surface area contributed by atoms with E-state index in [4.69, 9.17) is 21.3 Å². The molecule has 0 unspecified atom stereocenters. The number of benzene rings is 2. The molecule has 0 aliphatic heterocycles. The van der Waals surface area contributed by atoms with Gasteiger partial charge in [-0.1, -0.05) is 25.4 Å². The van der Waals surface area contributed by atoms with Gasteiger partial charge in [-0.25, -0.2) is 4.98 Å². The average Bonchev–Trinajstić information content (AvgIpc) is 2.96. The van der Waals surface area contributed by atoms with Gasteiger partial charge >= 0.3 is 0 Å². The van der Waals surface area contributed by atoms with E-state index in [0.29, 0.717) is 6.61 Å². The summed E-state index contributed by atoms with van der Waals surface area (Å²) in [5.41, 5.74) is 3.07. The summed E-state index contributed by atoms with van der Waals surface area (Å²) < 4.78 is 8.01. The molecule has 2 aromatic carbocycles. The minimum atomic E-state index is 0.685. The molecule has 3 aromatic rings. The molecule has 1 aromatic heterocycles. The van der Waals surface area contributed by atoms with Crippen LogP contribution in [-0.2, 0) is 7.05 Å². The molecule has 0 N–H and O–H groups in total. The quantitative estimate of drug-likeness (QED) is 0.618. The van der Waals surface area contributed by atoms with Crippen molar-refractivity contribution in [1.29, 1.82) is 0 Å². The largest absolute Gasteiger partial charge is 0.492 e. The third kappa shape index (κ3) is 3.97. The number of likely N-dealkylation sites (N-methyl/N-ethyl adjacent to an activating group) is 1. The second-order valence-electron chi connectivity index (χ2n) is 6.03. The number of hydrogen-bond donors (Lipinski definition) is 0. The fourth-order valence-corrected chi connectivity index (χ4v) is 3.08. The van der Waals surface area contributed by atoms with Gasteiger partial charge in [0.2, 0.25) is 0 Å². The summed E-state index contributed by atoms with van der Waals surface area (Å²) in [6, 6.07) is 13.8. The lowest BCUT2D eigenvalue weighted by molar-refractivity contribution is 0.223. The van der Waals surface area contributed by atoms with Gasteiger partial charge in [0.25, 0.3) is 0 Å². The van der Waals surface area contributed by atoms with E-state index in [0.717, 1.165) is 52.8 Å². The van der Waals surface area contributed by atoms with Crippen LogP contribution in [0.25, 0.3) is 22.4 Å². The molecular weight excluding hydrogens is 334 g/mol. The lowest BCUT2D eigenvalue weighted by Crippen LogP contribution is -2.27. The minimum Gasteiger partial charge on any atom is -0.492 e.